The fraction of sp³-hybridized carbons (Fsp3) is 0.455. The fourth-order valence-corrected chi connectivity index (χ4v) is 2.22. The molecule has 0 spiro atoms. The van der Waals surface area contributed by atoms with Crippen LogP contribution >= 0.6 is 23.2 Å². The van der Waals surface area contributed by atoms with Crippen LogP contribution in [0.2, 0.25) is 5.02 Å². The third-order valence-electron chi connectivity index (χ3n) is 2.47. The molecule has 2 atom stereocenters. The third kappa shape index (κ3) is 2.22. The number of hydrogen-bond acceptors (Lipinski definition) is 1. The topological polar surface area (TPSA) is 9.23 Å². The second kappa shape index (κ2) is 4.52. The lowest BCUT2D eigenvalue weighted by atomic mass is 10.0. The van der Waals surface area contributed by atoms with Gasteiger partial charge in [0.05, 0.1) is 6.10 Å². The normalized spacial score (nSPS) is 27.6. The van der Waals surface area contributed by atoms with E-state index in [-0.39, 0.29) is 11.5 Å². The van der Waals surface area contributed by atoms with E-state index in [0.717, 1.165) is 30.0 Å². The molecule has 0 unspecified atom stereocenters. The Bertz CT molecular complexity index is 314. The fourth-order valence-electron chi connectivity index (χ4n) is 1.71. The average molecular weight is 231 g/mol. The molecule has 0 amide bonds. The van der Waals surface area contributed by atoms with Crippen LogP contribution in [0.3, 0.4) is 0 Å². The second-order valence-corrected chi connectivity index (χ2v) is 4.53. The van der Waals surface area contributed by atoms with Crippen LogP contribution in [0.25, 0.3) is 0 Å². The van der Waals surface area contributed by atoms with Crippen LogP contribution in [0.1, 0.15) is 24.5 Å². The van der Waals surface area contributed by atoms with E-state index in [0.29, 0.717) is 0 Å². The number of hydrogen-bond donors (Lipinski definition) is 0. The number of benzene rings is 1. The summed E-state index contributed by atoms with van der Waals surface area (Å²) in [6.45, 7) is 0.726. The molecule has 0 aromatic heterocycles. The maximum absolute atomic E-state index is 6.09. The van der Waals surface area contributed by atoms with Crippen molar-refractivity contribution in [3.05, 3.63) is 34.9 Å². The molecule has 1 aliphatic rings. The van der Waals surface area contributed by atoms with Crippen molar-refractivity contribution >= 4 is 23.2 Å². The standard InChI is InChI=1S/C11H12Cl2O/c12-8-5-6-14-11(7-8)9-3-1-2-4-10(9)13/h1-4,8,11H,5-7H2/t8-,11+/m0/s1. The van der Waals surface area contributed by atoms with Gasteiger partial charge in [0, 0.05) is 17.0 Å². The van der Waals surface area contributed by atoms with Crippen molar-refractivity contribution in [3.8, 4) is 0 Å². The Labute approximate surface area is 94.0 Å². The van der Waals surface area contributed by atoms with E-state index in [9.17, 15) is 0 Å². The van der Waals surface area contributed by atoms with E-state index in [1.54, 1.807) is 0 Å². The Balaban J connectivity index is 2.18. The molecule has 1 nitrogen and oxygen atoms in total. The quantitative estimate of drug-likeness (QED) is 0.668. The number of ether oxygens (including phenoxy) is 1. The molecule has 1 saturated heterocycles. The smallest absolute Gasteiger partial charge is 0.0853 e. The van der Waals surface area contributed by atoms with E-state index >= 15 is 0 Å². The minimum atomic E-state index is 0.0694. The number of rotatable bonds is 1. The molecular weight excluding hydrogens is 219 g/mol. The molecule has 1 aromatic carbocycles. The van der Waals surface area contributed by atoms with Gasteiger partial charge in [0.15, 0.2) is 0 Å². The van der Waals surface area contributed by atoms with Crippen molar-refractivity contribution in [1.29, 1.82) is 0 Å². The Morgan fingerprint density at radius 3 is 2.79 bits per heavy atom. The van der Waals surface area contributed by atoms with E-state index < -0.39 is 0 Å². The Morgan fingerprint density at radius 2 is 2.07 bits per heavy atom. The molecule has 0 radical (unpaired) electrons. The molecule has 0 bridgehead atoms. The van der Waals surface area contributed by atoms with Crippen LogP contribution < -0.4 is 0 Å². The molecule has 1 aliphatic heterocycles. The number of alkyl halides is 1. The monoisotopic (exact) mass is 230 g/mol. The van der Waals surface area contributed by atoms with Crippen LogP contribution in [0.5, 0.6) is 0 Å². The largest absolute Gasteiger partial charge is 0.373 e. The van der Waals surface area contributed by atoms with Crippen LogP contribution in [0.4, 0.5) is 0 Å². The van der Waals surface area contributed by atoms with E-state index in [1.165, 1.54) is 0 Å². The Hall–Kier alpha value is -0.240. The van der Waals surface area contributed by atoms with Gasteiger partial charge in [-0.15, -0.1) is 11.6 Å². The van der Waals surface area contributed by atoms with Gasteiger partial charge in [-0.1, -0.05) is 29.8 Å². The zero-order valence-corrected chi connectivity index (χ0v) is 9.26. The van der Waals surface area contributed by atoms with Gasteiger partial charge in [-0.2, -0.15) is 0 Å². The maximum atomic E-state index is 6.09. The predicted molar refractivity (Wildman–Crippen MR) is 59.0 cm³/mol. The minimum Gasteiger partial charge on any atom is -0.373 e. The molecule has 1 aromatic rings. The summed E-state index contributed by atoms with van der Waals surface area (Å²) >= 11 is 12.2. The lowest BCUT2D eigenvalue weighted by Crippen LogP contribution is -2.20. The molecule has 1 fully saturated rings. The first-order chi connectivity index (χ1) is 6.77. The van der Waals surface area contributed by atoms with Crippen molar-refractivity contribution < 1.29 is 4.74 Å². The first kappa shape index (κ1) is 10.3. The maximum Gasteiger partial charge on any atom is 0.0853 e. The van der Waals surface area contributed by atoms with E-state index in [1.807, 2.05) is 24.3 Å². The molecular formula is C11H12Cl2O. The van der Waals surface area contributed by atoms with Crippen molar-refractivity contribution in [2.24, 2.45) is 0 Å². The van der Waals surface area contributed by atoms with Gasteiger partial charge in [-0.25, -0.2) is 0 Å². The zero-order valence-electron chi connectivity index (χ0n) is 7.75. The van der Waals surface area contributed by atoms with Crippen molar-refractivity contribution in [1.82, 2.24) is 0 Å². The number of halogens is 2. The summed E-state index contributed by atoms with van der Waals surface area (Å²) in [6.07, 6.45) is 1.85. The summed E-state index contributed by atoms with van der Waals surface area (Å²) in [5.74, 6) is 0. The van der Waals surface area contributed by atoms with Gasteiger partial charge in [0.1, 0.15) is 0 Å². The molecule has 0 aliphatic carbocycles. The van der Waals surface area contributed by atoms with Gasteiger partial charge in [0.25, 0.3) is 0 Å². The molecule has 3 heteroatoms. The van der Waals surface area contributed by atoms with Crippen LogP contribution in [-0.4, -0.2) is 12.0 Å². The summed E-state index contributed by atoms with van der Waals surface area (Å²) < 4.78 is 5.65. The highest BCUT2D eigenvalue weighted by atomic mass is 35.5. The van der Waals surface area contributed by atoms with Gasteiger partial charge < -0.3 is 4.74 Å². The average Bonchev–Trinajstić information content (AvgIpc) is 2.18. The van der Waals surface area contributed by atoms with Gasteiger partial charge >= 0.3 is 0 Å². The zero-order chi connectivity index (χ0) is 9.97. The Morgan fingerprint density at radius 1 is 1.29 bits per heavy atom. The van der Waals surface area contributed by atoms with Gasteiger partial charge in [0.2, 0.25) is 0 Å². The summed E-state index contributed by atoms with van der Waals surface area (Å²) in [5.41, 5.74) is 1.06. The molecule has 76 valence electrons. The van der Waals surface area contributed by atoms with Crippen LogP contribution in [-0.2, 0) is 4.74 Å². The molecule has 0 saturated carbocycles. The lowest BCUT2D eigenvalue weighted by Gasteiger charge is -2.26. The molecule has 0 N–H and O–H groups in total. The summed E-state index contributed by atoms with van der Waals surface area (Å²) in [4.78, 5) is 0. The molecule has 1 heterocycles. The van der Waals surface area contributed by atoms with Crippen LogP contribution in [0, 0.1) is 0 Å². The predicted octanol–water partition coefficient (Wildman–Crippen LogP) is 3.80. The Kier molecular flexibility index (Phi) is 3.32. The van der Waals surface area contributed by atoms with Crippen molar-refractivity contribution in [2.75, 3.05) is 6.61 Å². The highest BCUT2D eigenvalue weighted by Crippen LogP contribution is 2.34. The highest BCUT2D eigenvalue weighted by molar-refractivity contribution is 6.31. The second-order valence-electron chi connectivity index (χ2n) is 3.50. The van der Waals surface area contributed by atoms with E-state index in [4.69, 9.17) is 27.9 Å². The SMILES string of the molecule is Clc1ccccc1[C@H]1C[C@@H](Cl)CCO1. The lowest BCUT2D eigenvalue weighted by molar-refractivity contribution is 0.0169. The highest BCUT2D eigenvalue weighted by Gasteiger charge is 2.23. The van der Waals surface area contributed by atoms with Crippen LogP contribution in [0.15, 0.2) is 24.3 Å². The summed E-state index contributed by atoms with van der Waals surface area (Å²) in [7, 11) is 0. The summed E-state index contributed by atoms with van der Waals surface area (Å²) in [5, 5.41) is 0.980. The van der Waals surface area contributed by atoms with Gasteiger partial charge in [-0.3, -0.25) is 0 Å². The third-order valence-corrected chi connectivity index (χ3v) is 3.21. The van der Waals surface area contributed by atoms with Crippen molar-refractivity contribution in [3.63, 3.8) is 0 Å². The molecule has 14 heavy (non-hydrogen) atoms. The van der Waals surface area contributed by atoms with Crippen molar-refractivity contribution in [2.45, 2.75) is 24.3 Å². The first-order valence-electron chi connectivity index (χ1n) is 4.77. The molecule has 2 rings (SSSR count). The minimum absolute atomic E-state index is 0.0694. The summed E-state index contributed by atoms with van der Waals surface area (Å²) in [6, 6.07) is 7.79. The first-order valence-corrected chi connectivity index (χ1v) is 5.59. The van der Waals surface area contributed by atoms with Gasteiger partial charge in [-0.05, 0) is 24.5 Å². The van der Waals surface area contributed by atoms with E-state index in [2.05, 4.69) is 0 Å².